The molecule has 1 aromatic heterocycles. The maximum Gasteiger partial charge on any atom is 0.257 e. The number of carbonyl (C=O) groups excluding carboxylic acids is 1. The lowest BCUT2D eigenvalue weighted by Crippen LogP contribution is -2.48. The second-order valence-corrected chi connectivity index (χ2v) is 11.0. The summed E-state index contributed by atoms with van der Waals surface area (Å²) >= 11 is 7.49. The molecule has 0 spiro atoms. The molecule has 1 fully saturated rings. The van der Waals surface area contributed by atoms with E-state index < -0.39 is 10.0 Å². The standard InChI is InChI=1S/C21H22ClN3O4S2/c1-12-10-25(11-13(2)29-12)31(27,28)16-6-4-15(5-7-16)20(26)24-21-23-19-14(3)17(22)8-9-18(19)30-21/h4-9,12-13H,10-11H2,1-3H3,(H,23,24,26)/t12-,13-/m0/s1. The Morgan fingerprint density at radius 2 is 1.81 bits per heavy atom. The van der Waals surface area contributed by atoms with Crippen LogP contribution < -0.4 is 5.32 Å². The smallest absolute Gasteiger partial charge is 0.257 e. The number of aromatic nitrogens is 1. The number of nitrogens with one attached hydrogen (secondary N) is 1. The van der Waals surface area contributed by atoms with Crippen molar-refractivity contribution < 1.29 is 17.9 Å². The zero-order valence-electron chi connectivity index (χ0n) is 17.3. The van der Waals surface area contributed by atoms with Crippen molar-refractivity contribution in [3.8, 4) is 0 Å². The average Bonchev–Trinajstić information content (AvgIpc) is 3.13. The molecule has 3 aromatic rings. The first-order valence-electron chi connectivity index (χ1n) is 9.78. The maximum atomic E-state index is 13.0. The van der Waals surface area contributed by atoms with Gasteiger partial charge in [-0.3, -0.25) is 10.1 Å². The molecule has 31 heavy (non-hydrogen) atoms. The van der Waals surface area contributed by atoms with Crippen molar-refractivity contribution in [2.24, 2.45) is 0 Å². The van der Waals surface area contributed by atoms with Crippen molar-refractivity contribution in [2.75, 3.05) is 18.4 Å². The number of carbonyl (C=O) groups is 1. The normalized spacial score (nSPS) is 20.1. The number of hydrogen-bond acceptors (Lipinski definition) is 6. The van der Waals surface area contributed by atoms with E-state index in [1.165, 1.54) is 39.9 Å². The number of benzene rings is 2. The summed E-state index contributed by atoms with van der Waals surface area (Å²) in [7, 11) is -3.66. The van der Waals surface area contributed by atoms with E-state index >= 15 is 0 Å². The molecule has 164 valence electrons. The van der Waals surface area contributed by atoms with Gasteiger partial charge in [0.15, 0.2) is 5.13 Å². The minimum atomic E-state index is -3.66. The lowest BCUT2D eigenvalue weighted by atomic mass is 10.2. The predicted octanol–water partition coefficient (Wildman–Crippen LogP) is 4.31. The van der Waals surface area contributed by atoms with Gasteiger partial charge in [0, 0.05) is 23.7 Å². The molecular weight excluding hydrogens is 458 g/mol. The molecule has 0 unspecified atom stereocenters. The number of nitrogens with zero attached hydrogens (tertiary/aromatic N) is 2. The van der Waals surface area contributed by atoms with Gasteiger partial charge in [-0.15, -0.1) is 0 Å². The third-order valence-electron chi connectivity index (χ3n) is 5.11. The van der Waals surface area contributed by atoms with Crippen LogP contribution in [0.3, 0.4) is 0 Å². The van der Waals surface area contributed by atoms with E-state index in [0.29, 0.717) is 28.8 Å². The minimum Gasteiger partial charge on any atom is -0.373 e. The number of morpholine rings is 1. The third-order valence-corrected chi connectivity index (χ3v) is 8.30. The van der Waals surface area contributed by atoms with Gasteiger partial charge in [0.2, 0.25) is 10.0 Å². The predicted molar refractivity (Wildman–Crippen MR) is 123 cm³/mol. The van der Waals surface area contributed by atoms with Crippen LogP contribution in [0.25, 0.3) is 10.2 Å². The largest absolute Gasteiger partial charge is 0.373 e. The fourth-order valence-corrected chi connectivity index (χ4v) is 6.24. The monoisotopic (exact) mass is 479 g/mol. The molecule has 1 N–H and O–H groups in total. The SMILES string of the molecule is Cc1c(Cl)ccc2sc(NC(=O)c3ccc(S(=O)(=O)N4C[C@H](C)O[C@@H](C)C4)cc3)nc12. The molecule has 1 saturated heterocycles. The molecule has 2 atom stereocenters. The maximum absolute atomic E-state index is 13.0. The highest BCUT2D eigenvalue weighted by atomic mass is 35.5. The van der Waals surface area contributed by atoms with E-state index in [2.05, 4.69) is 10.3 Å². The summed E-state index contributed by atoms with van der Waals surface area (Å²) in [5, 5.41) is 3.86. The number of fused-ring (bicyclic) bond motifs is 1. The highest BCUT2D eigenvalue weighted by Crippen LogP contribution is 2.32. The Morgan fingerprint density at radius 1 is 1.16 bits per heavy atom. The van der Waals surface area contributed by atoms with Crippen LogP contribution in [0.1, 0.15) is 29.8 Å². The van der Waals surface area contributed by atoms with E-state index in [-0.39, 0.29) is 23.0 Å². The van der Waals surface area contributed by atoms with Crippen LogP contribution in [0.4, 0.5) is 5.13 Å². The molecule has 10 heteroatoms. The summed E-state index contributed by atoms with van der Waals surface area (Å²) < 4.78 is 33.9. The fourth-order valence-electron chi connectivity index (χ4n) is 3.58. The van der Waals surface area contributed by atoms with E-state index in [1.54, 1.807) is 6.07 Å². The van der Waals surface area contributed by atoms with E-state index in [1.807, 2.05) is 26.8 Å². The Labute approximate surface area is 190 Å². The van der Waals surface area contributed by atoms with Crippen molar-refractivity contribution in [1.82, 2.24) is 9.29 Å². The van der Waals surface area contributed by atoms with Crippen LogP contribution in [0, 0.1) is 6.92 Å². The Kier molecular flexibility index (Phi) is 6.06. The molecule has 2 heterocycles. The Balaban J connectivity index is 1.51. The molecule has 0 saturated carbocycles. The number of thiazole rings is 1. The number of aryl methyl sites for hydroxylation is 1. The second kappa shape index (κ2) is 8.48. The van der Waals surface area contributed by atoms with Crippen molar-refractivity contribution >= 4 is 54.2 Å². The number of hydrogen-bond donors (Lipinski definition) is 1. The first kappa shape index (κ1) is 22.2. The molecule has 0 radical (unpaired) electrons. The van der Waals surface area contributed by atoms with Crippen LogP contribution in [0.5, 0.6) is 0 Å². The highest BCUT2D eigenvalue weighted by molar-refractivity contribution is 7.89. The number of anilines is 1. The van der Waals surface area contributed by atoms with Gasteiger partial charge in [0.05, 0.1) is 27.3 Å². The lowest BCUT2D eigenvalue weighted by Gasteiger charge is -2.34. The Hall–Kier alpha value is -2.04. The van der Waals surface area contributed by atoms with Gasteiger partial charge >= 0.3 is 0 Å². The van der Waals surface area contributed by atoms with Crippen LogP contribution in [-0.2, 0) is 14.8 Å². The van der Waals surface area contributed by atoms with Gasteiger partial charge in [-0.1, -0.05) is 22.9 Å². The van der Waals surface area contributed by atoms with E-state index in [4.69, 9.17) is 16.3 Å². The number of rotatable bonds is 4. The first-order chi connectivity index (χ1) is 14.6. The molecule has 0 aliphatic carbocycles. The molecule has 2 aromatic carbocycles. The van der Waals surface area contributed by atoms with Crippen LogP contribution >= 0.6 is 22.9 Å². The number of amides is 1. The van der Waals surface area contributed by atoms with Crippen LogP contribution in [0.15, 0.2) is 41.3 Å². The van der Waals surface area contributed by atoms with Gasteiger partial charge in [-0.25, -0.2) is 13.4 Å². The van der Waals surface area contributed by atoms with E-state index in [0.717, 1.165) is 15.8 Å². The van der Waals surface area contributed by atoms with Gasteiger partial charge in [-0.2, -0.15) is 4.31 Å². The Morgan fingerprint density at radius 3 is 2.45 bits per heavy atom. The molecule has 1 amide bonds. The van der Waals surface area contributed by atoms with Crippen LogP contribution in [0.2, 0.25) is 5.02 Å². The van der Waals surface area contributed by atoms with Crippen molar-refractivity contribution in [1.29, 1.82) is 0 Å². The molecular formula is C21H22ClN3O4S2. The summed E-state index contributed by atoms with van der Waals surface area (Å²) in [5.41, 5.74) is 1.96. The van der Waals surface area contributed by atoms with Crippen molar-refractivity contribution in [3.05, 3.63) is 52.5 Å². The first-order valence-corrected chi connectivity index (χ1v) is 12.4. The third kappa shape index (κ3) is 4.47. The second-order valence-electron chi connectivity index (χ2n) is 7.60. The Bertz CT molecular complexity index is 1230. The van der Waals surface area contributed by atoms with Gasteiger partial charge < -0.3 is 4.74 Å². The molecule has 1 aliphatic rings. The fraction of sp³-hybridized carbons (Fsp3) is 0.333. The quantitative estimate of drug-likeness (QED) is 0.602. The number of ether oxygens (including phenoxy) is 1. The molecule has 7 nitrogen and oxygen atoms in total. The lowest BCUT2D eigenvalue weighted by molar-refractivity contribution is -0.0440. The van der Waals surface area contributed by atoms with Crippen molar-refractivity contribution in [3.63, 3.8) is 0 Å². The minimum absolute atomic E-state index is 0.149. The topological polar surface area (TPSA) is 88.6 Å². The van der Waals surface area contributed by atoms with E-state index in [9.17, 15) is 13.2 Å². The summed E-state index contributed by atoms with van der Waals surface area (Å²) in [6, 6.07) is 9.59. The highest BCUT2D eigenvalue weighted by Gasteiger charge is 2.32. The van der Waals surface area contributed by atoms with Gasteiger partial charge in [0.1, 0.15) is 0 Å². The van der Waals surface area contributed by atoms with Crippen LogP contribution in [-0.4, -0.2) is 48.9 Å². The molecule has 4 rings (SSSR count). The number of halogens is 1. The summed E-state index contributed by atoms with van der Waals surface area (Å²) in [6.45, 7) is 6.18. The number of sulfonamides is 1. The zero-order valence-corrected chi connectivity index (χ0v) is 19.6. The molecule has 0 bridgehead atoms. The zero-order chi connectivity index (χ0) is 22.3. The van der Waals surface area contributed by atoms with Gasteiger partial charge in [0.25, 0.3) is 5.91 Å². The average molecular weight is 480 g/mol. The summed E-state index contributed by atoms with van der Waals surface area (Å²) in [4.78, 5) is 17.3. The summed E-state index contributed by atoms with van der Waals surface area (Å²) in [5.74, 6) is -0.361. The van der Waals surface area contributed by atoms with Gasteiger partial charge in [-0.05, 0) is 62.7 Å². The van der Waals surface area contributed by atoms with Crippen molar-refractivity contribution in [2.45, 2.75) is 37.9 Å². The molecule has 1 aliphatic heterocycles. The summed E-state index contributed by atoms with van der Waals surface area (Å²) in [6.07, 6.45) is -0.341.